The molecule has 0 unspecified atom stereocenters. The third-order valence-electron chi connectivity index (χ3n) is 3.36. The zero-order valence-corrected chi connectivity index (χ0v) is 26.6. The van der Waals surface area contributed by atoms with Crippen LogP contribution in [0, 0.1) is 6.92 Å². The van der Waals surface area contributed by atoms with Gasteiger partial charge in [0.05, 0.1) is 68.5 Å². The maximum Gasteiger partial charge on any atom is 1.00 e. The number of anilines is 2. The molecule has 0 aliphatic rings. The smallest absolute Gasteiger partial charge is 0.548 e. The van der Waals surface area contributed by atoms with E-state index < -0.39 is 50.1 Å². The van der Waals surface area contributed by atoms with E-state index in [1.807, 2.05) is 0 Å². The van der Waals surface area contributed by atoms with Gasteiger partial charge in [-0.15, -0.1) is 0 Å². The second-order valence-electron chi connectivity index (χ2n) is 5.54. The quantitative estimate of drug-likeness (QED) is 0.280. The molecule has 0 saturated heterocycles. The van der Waals surface area contributed by atoms with Gasteiger partial charge in [-0.1, -0.05) is 0 Å². The molecule has 0 N–H and O–H groups in total. The number of carbonyl (C=O) groups is 4. The van der Waals surface area contributed by atoms with Crippen molar-refractivity contribution in [3.63, 3.8) is 0 Å². The van der Waals surface area contributed by atoms with Gasteiger partial charge < -0.3 is 54.1 Å². The van der Waals surface area contributed by atoms with Gasteiger partial charge in [0.2, 0.25) is 0 Å². The van der Waals surface area contributed by atoms with E-state index in [9.17, 15) is 39.6 Å². The molecular formula is C16H16N2Na4O9. The van der Waals surface area contributed by atoms with E-state index in [1.165, 1.54) is 19.2 Å². The first-order chi connectivity index (χ1) is 12.5. The molecule has 0 aliphatic carbocycles. The number of ether oxygens (including phenoxy) is 1. The van der Waals surface area contributed by atoms with Crippen molar-refractivity contribution in [2.75, 3.05) is 43.1 Å². The number of hydrogen-bond acceptors (Lipinski definition) is 11. The van der Waals surface area contributed by atoms with Crippen molar-refractivity contribution in [3.05, 3.63) is 17.7 Å². The van der Waals surface area contributed by atoms with Crippen molar-refractivity contribution in [1.29, 1.82) is 0 Å². The Bertz CT molecular complexity index is 676. The molecule has 0 aliphatic heterocycles. The zero-order valence-electron chi connectivity index (χ0n) is 18.6. The predicted octanol–water partition coefficient (Wildman–Crippen LogP) is -17.4. The van der Waals surface area contributed by atoms with Crippen LogP contribution in [0.1, 0.15) is 5.56 Å². The van der Waals surface area contributed by atoms with Gasteiger partial charge in [0, 0.05) is 0 Å². The Morgan fingerprint density at radius 1 is 0.710 bits per heavy atom. The molecule has 0 radical (unpaired) electrons. The van der Waals surface area contributed by atoms with Crippen LogP contribution in [0.4, 0.5) is 11.4 Å². The molecule has 0 atom stereocenters. The number of methoxy groups -OCH3 is 1. The Labute approximate surface area is 267 Å². The van der Waals surface area contributed by atoms with Crippen LogP contribution < -0.4 is 153 Å². The van der Waals surface area contributed by atoms with Gasteiger partial charge in [-0.3, -0.25) is 0 Å². The molecule has 0 aromatic heterocycles. The number of carboxylic acid groups (broad SMARTS) is 4. The van der Waals surface area contributed by atoms with Crippen molar-refractivity contribution in [2.24, 2.45) is 0 Å². The summed E-state index contributed by atoms with van der Waals surface area (Å²) in [6, 6.07) is 2.79. The van der Waals surface area contributed by atoms with Gasteiger partial charge in [0.25, 0.3) is 0 Å². The molecule has 148 valence electrons. The number of carboxylic acids is 4. The third kappa shape index (κ3) is 13.7. The van der Waals surface area contributed by atoms with Crippen molar-refractivity contribution >= 4 is 35.3 Å². The molecular weight excluding hydrogens is 456 g/mol. The number of benzene rings is 1. The molecule has 11 nitrogen and oxygen atoms in total. The van der Waals surface area contributed by atoms with Crippen LogP contribution in [-0.2, 0) is 19.2 Å². The van der Waals surface area contributed by atoms with E-state index in [4.69, 9.17) is 4.74 Å². The first-order valence-electron chi connectivity index (χ1n) is 7.53. The predicted molar refractivity (Wildman–Crippen MR) is 82.2 cm³/mol. The molecule has 0 spiro atoms. The molecule has 0 bridgehead atoms. The molecule has 31 heavy (non-hydrogen) atoms. The second-order valence-corrected chi connectivity index (χ2v) is 5.54. The third-order valence-corrected chi connectivity index (χ3v) is 3.36. The average Bonchev–Trinajstić information content (AvgIpc) is 2.51. The Balaban J connectivity index is -0.000000911. The normalized spacial score (nSPS) is 8.84. The van der Waals surface area contributed by atoms with E-state index in [1.54, 1.807) is 6.92 Å². The Hall–Kier alpha value is 0.500. The molecule has 0 amide bonds. The van der Waals surface area contributed by atoms with E-state index in [-0.39, 0.29) is 135 Å². The van der Waals surface area contributed by atoms with Gasteiger partial charge in [0.1, 0.15) is 0 Å². The van der Waals surface area contributed by atoms with Crippen LogP contribution >= 0.6 is 0 Å². The van der Waals surface area contributed by atoms with Crippen LogP contribution in [0.2, 0.25) is 0 Å². The number of aryl methyl sites for hydroxylation is 1. The van der Waals surface area contributed by atoms with Crippen LogP contribution in [0.5, 0.6) is 5.75 Å². The minimum atomic E-state index is -1.58. The van der Waals surface area contributed by atoms with Gasteiger partial charge in [0.15, 0.2) is 5.75 Å². The summed E-state index contributed by atoms with van der Waals surface area (Å²) in [4.78, 5) is 45.6. The summed E-state index contributed by atoms with van der Waals surface area (Å²) in [6.45, 7) is -1.75. The Kier molecular flexibility index (Phi) is 23.6. The van der Waals surface area contributed by atoms with Crippen molar-refractivity contribution in [3.8, 4) is 5.75 Å². The summed E-state index contributed by atoms with van der Waals surface area (Å²) in [5.74, 6) is -6.46. The molecule has 0 fully saturated rings. The second kappa shape index (κ2) is 18.9. The van der Waals surface area contributed by atoms with E-state index in [2.05, 4.69) is 0 Å². The topological polar surface area (TPSA) is 176 Å². The summed E-state index contributed by atoms with van der Waals surface area (Å²) in [5.41, 5.74) is 0.398. The SMILES string of the molecule is COc1c(N(CC(=O)[O-])CC(=O)[O-])cc(C)cc1N(CC(=O)[O-])CC(=O)[O-].[Na+].[Na+].[Na+].[Na+]. The van der Waals surface area contributed by atoms with Crippen molar-refractivity contribution in [2.45, 2.75) is 6.92 Å². The summed E-state index contributed by atoms with van der Waals surface area (Å²) in [7, 11) is 1.17. The maximum absolute atomic E-state index is 11.0. The van der Waals surface area contributed by atoms with Gasteiger partial charge >= 0.3 is 118 Å². The zero-order chi connectivity index (χ0) is 20.7. The molecule has 0 heterocycles. The standard InChI is InChI=1S/C16H20N2O9.4Na/c1-9-3-10(17(5-12(19)20)6-13(21)22)16(27-2)11(4-9)18(7-14(23)24)8-15(25)26;;;;/h3-4H,5-8H2,1-2H3,(H,19,20)(H,21,22)(H,23,24)(H,25,26);;;;/q;4*+1/p-4. The van der Waals surface area contributed by atoms with Crippen LogP contribution in [0.25, 0.3) is 0 Å². The van der Waals surface area contributed by atoms with Crippen LogP contribution in [0.15, 0.2) is 12.1 Å². The summed E-state index contributed by atoms with van der Waals surface area (Å²) in [5, 5.41) is 43.9. The largest absolute Gasteiger partial charge is 1.00 e. The fraction of sp³-hybridized carbons (Fsp3) is 0.375. The Morgan fingerprint density at radius 2 is 0.968 bits per heavy atom. The number of carbonyl (C=O) groups excluding carboxylic acids is 4. The molecule has 1 rings (SSSR count). The maximum atomic E-state index is 11.0. The Morgan fingerprint density at radius 3 is 1.16 bits per heavy atom. The molecule has 1 aromatic rings. The van der Waals surface area contributed by atoms with Crippen molar-refractivity contribution < 1.29 is 163 Å². The number of aliphatic carboxylic acids is 4. The number of nitrogens with zero attached hydrogens (tertiary/aromatic N) is 2. The van der Waals surface area contributed by atoms with Crippen molar-refractivity contribution in [1.82, 2.24) is 0 Å². The molecule has 1 aromatic carbocycles. The van der Waals surface area contributed by atoms with Gasteiger partial charge in [-0.2, -0.15) is 0 Å². The number of hydrogen-bond donors (Lipinski definition) is 0. The first-order valence-corrected chi connectivity index (χ1v) is 7.53. The summed E-state index contributed by atoms with van der Waals surface area (Å²) in [6.07, 6.45) is 0. The summed E-state index contributed by atoms with van der Waals surface area (Å²) >= 11 is 0. The fourth-order valence-electron chi connectivity index (χ4n) is 2.49. The molecule has 0 saturated carbocycles. The van der Waals surface area contributed by atoms with Gasteiger partial charge in [-0.25, -0.2) is 0 Å². The monoisotopic (exact) mass is 472 g/mol. The van der Waals surface area contributed by atoms with Crippen LogP contribution in [0.3, 0.4) is 0 Å². The van der Waals surface area contributed by atoms with E-state index in [0.29, 0.717) is 5.56 Å². The van der Waals surface area contributed by atoms with Crippen LogP contribution in [-0.4, -0.2) is 57.2 Å². The van der Waals surface area contributed by atoms with E-state index in [0.717, 1.165) is 9.80 Å². The summed E-state index contributed by atoms with van der Waals surface area (Å²) < 4.78 is 5.18. The first kappa shape index (κ1) is 38.7. The van der Waals surface area contributed by atoms with Gasteiger partial charge in [-0.05, 0) is 24.6 Å². The number of rotatable bonds is 11. The minimum absolute atomic E-state index is 0. The minimum Gasteiger partial charge on any atom is -0.548 e. The fourth-order valence-corrected chi connectivity index (χ4v) is 2.49. The van der Waals surface area contributed by atoms with E-state index >= 15 is 0 Å². The molecule has 15 heteroatoms. The average molecular weight is 472 g/mol.